The second-order valence-corrected chi connectivity index (χ2v) is 6.17. The van der Waals surface area contributed by atoms with E-state index in [9.17, 15) is 9.59 Å². The number of carbonyl (C=O) groups excluding carboxylic acids is 2. The lowest BCUT2D eigenvalue weighted by molar-refractivity contribution is -0.140. The molecule has 120 valence electrons. The normalized spacial score (nSPS) is 24.7. The van der Waals surface area contributed by atoms with Crippen LogP contribution < -0.4 is 0 Å². The Morgan fingerprint density at radius 1 is 1.36 bits per heavy atom. The van der Waals surface area contributed by atoms with Crippen molar-refractivity contribution in [3.05, 3.63) is 24.0 Å². The Morgan fingerprint density at radius 2 is 2.18 bits per heavy atom. The molecule has 3 aliphatic heterocycles. The quantitative estimate of drug-likeness (QED) is 0.824. The fourth-order valence-corrected chi connectivity index (χ4v) is 3.54. The number of ether oxygens (including phenoxy) is 1. The summed E-state index contributed by atoms with van der Waals surface area (Å²) in [5, 5.41) is 0. The Bertz CT molecular complexity index is 569. The highest BCUT2D eigenvalue weighted by atomic mass is 16.5. The summed E-state index contributed by atoms with van der Waals surface area (Å²) in [5.74, 6) is 0.126. The first-order valence-electron chi connectivity index (χ1n) is 7.82. The predicted molar refractivity (Wildman–Crippen MR) is 81.4 cm³/mol. The number of aryl methyl sites for hydroxylation is 1. The van der Waals surface area contributed by atoms with E-state index in [-0.39, 0.29) is 23.8 Å². The van der Waals surface area contributed by atoms with Gasteiger partial charge in [-0.25, -0.2) is 0 Å². The van der Waals surface area contributed by atoms with Gasteiger partial charge in [0.1, 0.15) is 5.69 Å². The topological polar surface area (TPSA) is 54.8 Å². The molecular weight excluding hydrogens is 282 g/mol. The van der Waals surface area contributed by atoms with E-state index in [1.54, 1.807) is 7.11 Å². The maximum atomic E-state index is 12.7. The zero-order valence-electron chi connectivity index (χ0n) is 13.2. The van der Waals surface area contributed by atoms with Crippen molar-refractivity contribution in [3.8, 4) is 0 Å². The maximum absolute atomic E-state index is 12.7. The molecule has 3 saturated heterocycles. The molecule has 4 heterocycles. The summed E-state index contributed by atoms with van der Waals surface area (Å²) in [4.78, 5) is 29.1. The third-order valence-electron chi connectivity index (χ3n) is 4.78. The van der Waals surface area contributed by atoms with Crippen LogP contribution in [0.15, 0.2) is 18.3 Å². The third-order valence-corrected chi connectivity index (χ3v) is 4.78. The van der Waals surface area contributed by atoms with Gasteiger partial charge in [0, 0.05) is 46.0 Å². The molecule has 1 aromatic rings. The second-order valence-electron chi connectivity index (χ2n) is 6.17. The highest BCUT2D eigenvalue weighted by Crippen LogP contribution is 2.29. The molecule has 1 aromatic heterocycles. The number of aromatic nitrogens is 1. The number of amides is 2. The molecule has 0 aliphatic carbocycles. The number of rotatable bonds is 4. The molecule has 0 radical (unpaired) electrons. The smallest absolute Gasteiger partial charge is 0.270 e. The van der Waals surface area contributed by atoms with Crippen molar-refractivity contribution in [1.29, 1.82) is 0 Å². The van der Waals surface area contributed by atoms with Gasteiger partial charge in [0.15, 0.2) is 0 Å². The molecule has 2 atom stereocenters. The van der Waals surface area contributed by atoms with Crippen molar-refractivity contribution in [2.24, 2.45) is 13.0 Å². The van der Waals surface area contributed by atoms with E-state index in [0.717, 1.165) is 12.8 Å². The van der Waals surface area contributed by atoms with Gasteiger partial charge < -0.3 is 19.1 Å². The first-order chi connectivity index (χ1) is 10.6. The minimum Gasteiger partial charge on any atom is -0.383 e. The van der Waals surface area contributed by atoms with Crippen LogP contribution in [0.3, 0.4) is 0 Å². The molecule has 6 heteroatoms. The lowest BCUT2D eigenvalue weighted by Gasteiger charge is -2.35. The lowest BCUT2D eigenvalue weighted by Crippen LogP contribution is -2.49. The molecule has 6 nitrogen and oxygen atoms in total. The number of nitrogens with zero attached hydrogens (tertiary/aromatic N) is 3. The fourth-order valence-electron chi connectivity index (χ4n) is 3.54. The number of hydrogen-bond donors (Lipinski definition) is 0. The average molecular weight is 305 g/mol. The largest absolute Gasteiger partial charge is 0.383 e. The van der Waals surface area contributed by atoms with Gasteiger partial charge in [0.05, 0.1) is 12.5 Å². The van der Waals surface area contributed by atoms with E-state index in [1.165, 1.54) is 0 Å². The Labute approximate surface area is 130 Å². The lowest BCUT2D eigenvalue weighted by atomic mass is 9.94. The van der Waals surface area contributed by atoms with Gasteiger partial charge in [-0.3, -0.25) is 9.59 Å². The Hall–Kier alpha value is -1.82. The van der Waals surface area contributed by atoms with Crippen molar-refractivity contribution in [2.75, 3.05) is 33.4 Å². The van der Waals surface area contributed by atoms with Crippen LogP contribution in [0.1, 0.15) is 23.3 Å². The van der Waals surface area contributed by atoms with Crippen LogP contribution in [0, 0.1) is 5.92 Å². The molecular formula is C16H23N3O3. The highest BCUT2D eigenvalue weighted by molar-refractivity contribution is 5.93. The summed E-state index contributed by atoms with van der Waals surface area (Å²) in [5.41, 5.74) is 0.678. The van der Waals surface area contributed by atoms with E-state index in [0.29, 0.717) is 31.9 Å². The maximum Gasteiger partial charge on any atom is 0.270 e. The summed E-state index contributed by atoms with van der Waals surface area (Å²) in [7, 11) is 3.52. The SMILES string of the molecule is COCCN1C(=O)[C@H]2CC[C@@H]1CN(C(=O)c1cccn1C)C2. The van der Waals surface area contributed by atoms with Gasteiger partial charge in [0.25, 0.3) is 5.91 Å². The fraction of sp³-hybridized carbons (Fsp3) is 0.625. The minimum atomic E-state index is -0.0696. The molecule has 0 unspecified atom stereocenters. The first kappa shape index (κ1) is 15.1. The molecule has 3 fully saturated rings. The highest BCUT2D eigenvalue weighted by Gasteiger charge is 2.41. The van der Waals surface area contributed by atoms with Crippen LogP contribution in [0.5, 0.6) is 0 Å². The van der Waals surface area contributed by atoms with Crippen molar-refractivity contribution < 1.29 is 14.3 Å². The number of methoxy groups -OCH3 is 1. The van der Waals surface area contributed by atoms with Crippen LogP contribution >= 0.6 is 0 Å². The van der Waals surface area contributed by atoms with E-state index >= 15 is 0 Å². The molecule has 4 rings (SSSR count). The minimum absolute atomic E-state index is 0.0193. The second kappa shape index (κ2) is 6.12. The van der Waals surface area contributed by atoms with Crippen LogP contribution in [-0.4, -0.2) is 65.6 Å². The molecule has 0 saturated carbocycles. The Balaban J connectivity index is 1.79. The molecule has 0 aromatic carbocycles. The summed E-state index contributed by atoms with van der Waals surface area (Å²) >= 11 is 0. The first-order valence-corrected chi connectivity index (χ1v) is 7.82. The zero-order chi connectivity index (χ0) is 15.7. The summed E-state index contributed by atoms with van der Waals surface area (Å²) in [6, 6.07) is 3.82. The van der Waals surface area contributed by atoms with Crippen LogP contribution in [0.25, 0.3) is 0 Å². The standard InChI is InChI=1S/C16H23N3O3/c1-17-7-3-4-14(17)16(21)18-10-12-5-6-13(11-18)19(15(12)20)8-9-22-2/h3-4,7,12-13H,5-6,8-11H2,1-2H3/t12-,13+/m0/s1. The molecule has 22 heavy (non-hydrogen) atoms. The Morgan fingerprint density at radius 3 is 2.86 bits per heavy atom. The number of piperidine rings is 1. The van der Waals surface area contributed by atoms with Crippen LogP contribution in [-0.2, 0) is 16.6 Å². The van der Waals surface area contributed by atoms with Crippen molar-refractivity contribution >= 4 is 11.8 Å². The summed E-state index contributed by atoms with van der Waals surface area (Å²) in [6.07, 6.45) is 3.72. The van der Waals surface area contributed by atoms with E-state index in [1.807, 2.05) is 39.7 Å². The summed E-state index contributed by atoms with van der Waals surface area (Å²) in [6.45, 7) is 2.31. The molecule has 0 N–H and O–H groups in total. The average Bonchev–Trinajstić information content (AvgIpc) is 2.76. The zero-order valence-corrected chi connectivity index (χ0v) is 13.2. The molecule has 0 spiro atoms. The van der Waals surface area contributed by atoms with Gasteiger partial charge in [0.2, 0.25) is 5.91 Å². The van der Waals surface area contributed by atoms with E-state index in [2.05, 4.69) is 0 Å². The van der Waals surface area contributed by atoms with Crippen molar-refractivity contribution in [2.45, 2.75) is 18.9 Å². The number of hydrogen-bond acceptors (Lipinski definition) is 3. The molecule has 3 aliphatic rings. The van der Waals surface area contributed by atoms with Gasteiger partial charge in [-0.2, -0.15) is 0 Å². The molecule has 2 bridgehead atoms. The van der Waals surface area contributed by atoms with Crippen LogP contribution in [0.2, 0.25) is 0 Å². The predicted octanol–water partition coefficient (Wildman–Crippen LogP) is 0.734. The van der Waals surface area contributed by atoms with Crippen molar-refractivity contribution in [1.82, 2.24) is 14.4 Å². The van der Waals surface area contributed by atoms with E-state index in [4.69, 9.17) is 4.74 Å². The van der Waals surface area contributed by atoms with Crippen LogP contribution in [0.4, 0.5) is 0 Å². The van der Waals surface area contributed by atoms with Crippen molar-refractivity contribution in [3.63, 3.8) is 0 Å². The van der Waals surface area contributed by atoms with Gasteiger partial charge in [-0.15, -0.1) is 0 Å². The van der Waals surface area contributed by atoms with Gasteiger partial charge in [-0.1, -0.05) is 0 Å². The molecule has 2 amide bonds. The van der Waals surface area contributed by atoms with E-state index < -0.39 is 0 Å². The third kappa shape index (κ3) is 2.63. The number of fused-ring (bicyclic) bond motifs is 4. The Kier molecular flexibility index (Phi) is 4.20. The number of carbonyl (C=O) groups is 2. The van der Waals surface area contributed by atoms with Gasteiger partial charge >= 0.3 is 0 Å². The monoisotopic (exact) mass is 305 g/mol. The summed E-state index contributed by atoms with van der Waals surface area (Å²) < 4.78 is 6.95. The van der Waals surface area contributed by atoms with Gasteiger partial charge in [-0.05, 0) is 25.0 Å².